The average molecular weight is 641 g/mol. The summed E-state index contributed by atoms with van der Waals surface area (Å²) in [6.07, 6.45) is 0. The van der Waals surface area contributed by atoms with Crippen LogP contribution < -0.4 is 0 Å². The van der Waals surface area contributed by atoms with Crippen molar-refractivity contribution in [2.24, 2.45) is 0 Å². The van der Waals surface area contributed by atoms with Crippen molar-refractivity contribution in [1.29, 1.82) is 0 Å². The van der Waals surface area contributed by atoms with E-state index in [1.54, 1.807) is 0 Å². The van der Waals surface area contributed by atoms with Crippen LogP contribution in [0.15, 0.2) is 158 Å². The molecule has 1 aliphatic heterocycles. The SMILES string of the molecule is CC1(C)c2cc(-n3c4ccccc4c4cc(-c5ccc6c(c5)c5ccccc5n6-c5ccccc5)ccc43)ccc2-n2c1nc1ccccc12. The Kier molecular flexibility index (Phi) is 5.42. The largest absolute Gasteiger partial charge is 0.309 e. The van der Waals surface area contributed by atoms with Crippen molar-refractivity contribution in [2.75, 3.05) is 0 Å². The first-order valence-electron chi connectivity index (χ1n) is 17.3. The third kappa shape index (κ3) is 3.62. The number of fused-ring (bicyclic) bond motifs is 11. The average Bonchev–Trinajstić information content (AvgIpc) is 3.87. The summed E-state index contributed by atoms with van der Waals surface area (Å²) >= 11 is 0. The van der Waals surface area contributed by atoms with Gasteiger partial charge >= 0.3 is 0 Å². The standard InChI is InChI=1S/C46H32N4/c1-46(2)37-28-32(22-25-43(37)50-44-19-11-8-16-38(44)47-45(46)50)49-40-18-10-7-15-34(40)36-27-30(21-24-42(36)49)29-20-23-41-35(26-29)33-14-6-9-17-39(33)48(41)31-12-4-3-5-13-31/h3-28H,1-2H3. The van der Waals surface area contributed by atoms with Crippen molar-refractivity contribution >= 4 is 54.6 Å². The van der Waals surface area contributed by atoms with Gasteiger partial charge in [-0.2, -0.15) is 0 Å². The Labute approximate surface area is 289 Å². The molecular weight excluding hydrogens is 609 g/mol. The van der Waals surface area contributed by atoms with E-state index in [2.05, 4.69) is 185 Å². The minimum atomic E-state index is -0.224. The molecule has 0 unspecified atom stereocenters. The van der Waals surface area contributed by atoms with Gasteiger partial charge in [0.25, 0.3) is 0 Å². The van der Waals surface area contributed by atoms with Crippen molar-refractivity contribution in [1.82, 2.24) is 18.7 Å². The lowest BCUT2D eigenvalue weighted by Crippen LogP contribution is -2.17. The minimum absolute atomic E-state index is 0.224. The lowest BCUT2D eigenvalue weighted by atomic mass is 9.85. The fourth-order valence-corrected chi connectivity index (χ4v) is 8.61. The molecule has 236 valence electrons. The molecule has 7 aromatic carbocycles. The van der Waals surface area contributed by atoms with E-state index in [0.29, 0.717) is 0 Å². The van der Waals surface area contributed by atoms with Gasteiger partial charge in [-0.1, -0.05) is 78.9 Å². The van der Waals surface area contributed by atoms with Crippen LogP contribution in [0.5, 0.6) is 0 Å². The van der Waals surface area contributed by atoms with Crippen LogP contribution in [-0.2, 0) is 5.41 Å². The highest BCUT2D eigenvalue weighted by Crippen LogP contribution is 2.46. The number of para-hydroxylation sites is 5. The van der Waals surface area contributed by atoms with E-state index in [4.69, 9.17) is 4.98 Å². The van der Waals surface area contributed by atoms with E-state index in [9.17, 15) is 0 Å². The molecule has 0 fully saturated rings. The van der Waals surface area contributed by atoms with Gasteiger partial charge in [-0.3, -0.25) is 4.57 Å². The van der Waals surface area contributed by atoms with Crippen molar-refractivity contribution in [3.63, 3.8) is 0 Å². The maximum absolute atomic E-state index is 5.10. The van der Waals surface area contributed by atoms with Crippen molar-refractivity contribution in [3.8, 4) is 28.2 Å². The predicted octanol–water partition coefficient (Wildman–Crippen LogP) is 11.5. The van der Waals surface area contributed by atoms with Gasteiger partial charge in [0, 0.05) is 32.9 Å². The van der Waals surface area contributed by atoms with E-state index in [1.807, 2.05) is 0 Å². The molecule has 0 spiro atoms. The summed E-state index contributed by atoms with van der Waals surface area (Å²) in [4.78, 5) is 5.10. The first kappa shape index (κ1) is 27.5. The van der Waals surface area contributed by atoms with E-state index in [1.165, 1.54) is 77.4 Å². The van der Waals surface area contributed by atoms with E-state index >= 15 is 0 Å². The number of benzene rings is 7. The molecule has 0 saturated heterocycles. The smallest absolute Gasteiger partial charge is 0.124 e. The zero-order valence-electron chi connectivity index (χ0n) is 27.8. The molecule has 0 radical (unpaired) electrons. The summed E-state index contributed by atoms with van der Waals surface area (Å²) < 4.78 is 7.15. The molecule has 4 heteroatoms. The Morgan fingerprint density at radius 1 is 0.420 bits per heavy atom. The van der Waals surface area contributed by atoms with Crippen LogP contribution in [0.4, 0.5) is 0 Å². The van der Waals surface area contributed by atoms with Gasteiger partial charge < -0.3 is 9.13 Å². The predicted molar refractivity (Wildman–Crippen MR) is 207 cm³/mol. The van der Waals surface area contributed by atoms with Crippen LogP contribution in [0.25, 0.3) is 82.8 Å². The minimum Gasteiger partial charge on any atom is -0.309 e. The Hall–Kier alpha value is -6.39. The second-order valence-electron chi connectivity index (χ2n) is 14.1. The van der Waals surface area contributed by atoms with Gasteiger partial charge in [0.15, 0.2) is 0 Å². The van der Waals surface area contributed by atoms with Crippen LogP contribution in [0.2, 0.25) is 0 Å². The van der Waals surface area contributed by atoms with Gasteiger partial charge in [-0.05, 0) is 109 Å². The third-order valence-corrected chi connectivity index (χ3v) is 11.0. The number of imidazole rings is 1. The van der Waals surface area contributed by atoms with E-state index in [0.717, 1.165) is 16.9 Å². The van der Waals surface area contributed by atoms with E-state index < -0.39 is 0 Å². The normalized spacial score (nSPS) is 13.6. The second kappa shape index (κ2) is 9.83. The highest BCUT2D eigenvalue weighted by atomic mass is 15.1. The Morgan fingerprint density at radius 3 is 1.62 bits per heavy atom. The van der Waals surface area contributed by atoms with Gasteiger partial charge in [0.05, 0.1) is 44.2 Å². The molecule has 4 heterocycles. The molecular formula is C46H32N4. The molecule has 4 nitrogen and oxygen atoms in total. The number of aromatic nitrogens is 4. The fourth-order valence-electron chi connectivity index (χ4n) is 8.61. The highest BCUT2D eigenvalue weighted by Gasteiger charge is 2.39. The number of nitrogens with zero attached hydrogens (tertiary/aromatic N) is 4. The third-order valence-electron chi connectivity index (χ3n) is 11.0. The quantitative estimate of drug-likeness (QED) is 0.189. The fraction of sp³-hybridized carbons (Fsp3) is 0.0652. The summed E-state index contributed by atoms with van der Waals surface area (Å²) in [5.41, 5.74) is 14.1. The maximum Gasteiger partial charge on any atom is 0.124 e. The zero-order chi connectivity index (χ0) is 33.1. The Balaban J connectivity index is 1.08. The summed E-state index contributed by atoms with van der Waals surface area (Å²) in [5, 5.41) is 5.03. The Morgan fingerprint density at radius 2 is 0.960 bits per heavy atom. The van der Waals surface area contributed by atoms with Crippen LogP contribution >= 0.6 is 0 Å². The summed E-state index contributed by atoms with van der Waals surface area (Å²) in [6, 6.07) is 57.5. The highest BCUT2D eigenvalue weighted by molar-refractivity contribution is 6.12. The number of rotatable bonds is 3. The lowest BCUT2D eigenvalue weighted by Gasteiger charge is -2.19. The lowest BCUT2D eigenvalue weighted by molar-refractivity contribution is 0.621. The van der Waals surface area contributed by atoms with Crippen LogP contribution in [0, 0.1) is 0 Å². The van der Waals surface area contributed by atoms with Crippen molar-refractivity contribution in [2.45, 2.75) is 19.3 Å². The zero-order valence-corrected chi connectivity index (χ0v) is 27.8. The molecule has 3 aromatic heterocycles. The van der Waals surface area contributed by atoms with E-state index in [-0.39, 0.29) is 5.41 Å². The van der Waals surface area contributed by atoms with Gasteiger partial charge in [0.2, 0.25) is 0 Å². The molecule has 0 amide bonds. The number of hydrogen-bond acceptors (Lipinski definition) is 1. The molecule has 0 N–H and O–H groups in total. The van der Waals surface area contributed by atoms with Gasteiger partial charge in [-0.25, -0.2) is 4.98 Å². The molecule has 0 aliphatic carbocycles. The number of hydrogen-bond donors (Lipinski definition) is 0. The molecule has 10 aromatic rings. The topological polar surface area (TPSA) is 27.7 Å². The molecule has 1 aliphatic rings. The first-order chi connectivity index (χ1) is 24.6. The second-order valence-corrected chi connectivity index (χ2v) is 14.1. The summed E-state index contributed by atoms with van der Waals surface area (Å²) in [7, 11) is 0. The van der Waals surface area contributed by atoms with Gasteiger partial charge in [-0.15, -0.1) is 0 Å². The monoisotopic (exact) mass is 640 g/mol. The Bertz CT molecular complexity index is 3010. The molecule has 50 heavy (non-hydrogen) atoms. The van der Waals surface area contributed by atoms with Gasteiger partial charge in [0.1, 0.15) is 5.82 Å². The molecule has 0 saturated carbocycles. The van der Waals surface area contributed by atoms with Crippen molar-refractivity contribution in [3.05, 3.63) is 169 Å². The van der Waals surface area contributed by atoms with Crippen molar-refractivity contribution < 1.29 is 0 Å². The molecule has 11 rings (SSSR count). The molecule has 0 atom stereocenters. The summed E-state index contributed by atoms with van der Waals surface area (Å²) in [5.74, 6) is 1.10. The molecule has 0 bridgehead atoms. The first-order valence-corrected chi connectivity index (χ1v) is 17.3. The van der Waals surface area contributed by atoms with Crippen LogP contribution in [-0.4, -0.2) is 18.7 Å². The van der Waals surface area contributed by atoms with Crippen LogP contribution in [0.3, 0.4) is 0 Å². The maximum atomic E-state index is 5.10. The summed E-state index contributed by atoms with van der Waals surface area (Å²) in [6.45, 7) is 4.60. The van der Waals surface area contributed by atoms with Crippen LogP contribution in [0.1, 0.15) is 25.2 Å².